The van der Waals surface area contributed by atoms with Gasteiger partial charge in [-0.05, 0) is 17.5 Å². The number of rotatable bonds is 3. The van der Waals surface area contributed by atoms with E-state index in [1.54, 1.807) is 0 Å². The monoisotopic (exact) mass is 306 g/mol. The predicted molar refractivity (Wildman–Crippen MR) is 78.9 cm³/mol. The summed E-state index contributed by atoms with van der Waals surface area (Å²) in [5, 5.41) is 0.0729. The van der Waals surface area contributed by atoms with Gasteiger partial charge in [0.25, 0.3) is 5.56 Å². The van der Waals surface area contributed by atoms with Gasteiger partial charge in [-0.2, -0.15) is 0 Å². The van der Waals surface area contributed by atoms with E-state index in [2.05, 4.69) is 11.1 Å². The van der Waals surface area contributed by atoms with Gasteiger partial charge in [-0.1, -0.05) is 35.9 Å². The molecular formula is C15H15ClN2O3. The standard InChI is InChI=1S/C15H15ClN2O3/c1-20-13-14(16)17-9-18(15(13)19)8-12-11-5-3-2-4-10(11)6-7-21-12/h2-5,9,12H,6-8H2,1H3. The molecule has 3 rings (SSSR count). The molecule has 0 radical (unpaired) electrons. The second-order valence-electron chi connectivity index (χ2n) is 4.83. The summed E-state index contributed by atoms with van der Waals surface area (Å²) in [5.74, 6) is 0.0586. The Morgan fingerprint density at radius 2 is 2.29 bits per heavy atom. The van der Waals surface area contributed by atoms with Gasteiger partial charge < -0.3 is 9.47 Å². The van der Waals surface area contributed by atoms with Crippen molar-refractivity contribution < 1.29 is 9.47 Å². The van der Waals surface area contributed by atoms with E-state index < -0.39 is 0 Å². The van der Waals surface area contributed by atoms with Gasteiger partial charge in [-0.15, -0.1) is 0 Å². The number of ether oxygens (including phenoxy) is 2. The number of hydrogen-bond donors (Lipinski definition) is 0. The quantitative estimate of drug-likeness (QED) is 0.816. The first kappa shape index (κ1) is 14.1. The Kier molecular flexibility index (Phi) is 3.94. The Balaban J connectivity index is 1.94. The molecule has 1 aromatic heterocycles. The summed E-state index contributed by atoms with van der Waals surface area (Å²) >= 11 is 5.84. The lowest BCUT2D eigenvalue weighted by atomic mass is 9.97. The molecule has 0 saturated heterocycles. The fraction of sp³-hybridized carbons (Fsp3) is 0.333. The second-order valence-corrected chi connectivity index (χ2v) is 5.19. The summed E-state index contributed by atoms with van der Waals surface area (Å²) in [6.07, 6.45) is 2.15. The van der Waals surface area contributed by atoms with E-state index in [0.717, 1.165) is 12.0 Å². The molecular weight excluding hydrogens is 292 g/mol. The number of halogens is 1. The highest BCUT2D eigenvalue weighted by Crippen LogP contribution is 2.28. The topological polar surface area (TPSA) is 53.4 Å². The Morgan fingerprint density at radius 3 is 3.10 bits per heavy atom. The lowest BCUT2D eigenvalue weighted by Gasteiger charge is -2.26. The summed E-state index contributed by atoms with van der Waals surface area (Å²) in [7, 11) is 1.40. The fourth-order valence-electron chi connectivity index (χ4n) is 2.56. The molecule has 0 aliphatic carbocycles. The van der Waals surface area contributed by atoms with Crippen molar-refractivity contribution >= 4 is 11.6 Å². The van der Waals surface area contributed by atoms with Gasteiger partial charge in [0.05, 0.1) is 26.6 Å². The highest BCUT2D eigenvalue weighted by Gasteiger charge is 2.22. The van der Waals surface area contributed by atoms with Crippen LogP contribution in [0.5, 0.6) is 5.75 Å². The molecule has 2 aromatic rings. The van der Waals surface area contributed by atoms with Gasteiger partial charge in [0, 0.05) is 0 Å². The maximum Gasteiger partial charge on any atom is 0.297 e. The summed E-state index contributed by atoms with van der Waals surface area (Å²) in [4.78, 5) is 16.2. The van der Waals surface area contributed by atoms with Gasteiger partial charge in [0.1, 0.15) is 6.10 Å². The molecule has 0 saturated carbocycles. The van der Waals surface area contributed by atoms with Crippen molar-refractivity contribution in [2.75, 3.05) is 13.7 Å². The minimum Gasteiger partial charge on any atom is -0.489 e. The van der Waals surface area contributed by atoms with Crippen LogP contribution in [0.3, 0.4) is 0 Å². The highest BCUT2D eigenvalue weighted by atomic mass is 35.5. The Bertz CT molecular complexity index is 714. The summed E-state index contributed by atoms with van der Waals surface area (Å²) in [6.45, 7) is 1.03. The number of benzene rings is 1. The molecule has 110 valence electrons. The third kappa shape index (κ3) is 2.66. The van der Waals surface area contributed by atoms with Crippen LogP contribution in [0.2, 0.25) is 5.15 Å². The predicted octanol–water partition coefficient (Wildman–Crippen LogP) is 2.22. The zero-order valence-electron chi connectivity index (χ0n) is 11.6. The van der Waals surface area contributed by atoms with Crippen molar-refractivity contribution in [3.05, 3.63) is 57.2 Å². The van der Waals surface area contributed by atoms with E-state index in [9.17, 15) is 4.79 Å². The first-order valence-corrected chi connectivity index (χ1v) is 7.07. The van der Waals surface area contributed by atoms with Crippen LogP contribution in [-0.4, -0.2) is 23.3 Å². The average Bonchev–Trinajstić information content (AvgIpc) is 2.51. The Labute approximate surface area is 127 Å². The van der Waals surface area contributed by atoms with E-state index in [1.165, 1.54) is 23.6 Å². The van der Waals surface area contributed by atoms with E-state index >= 15 is 0 Å². The van der Waals surface area contributed by atoms with Crippen LogP contribution in [0.25, 0.3) is 0 Å². The van der Waals surface area contributed by atoms with Gasteiger partial charge in [-0.3, -0.25) is 9.36 Å². The maximum atomic E-state index is 12.3. The molecule has 0 bridgehead atoms. The van der Waals surface area contributed by atoms with Gasteiger partial charge in [0.2, 0.25) is 5.75 Å². The molecule has 1 atom stereocenters. The van der Waals surface area contributed by atoms with E-state index in [1.807, 2.05) is 18.2 Å². The molecule has 0 spiro atoms. The first-order chi connectivity index (χ1) is 10.2. The number of methoxy groups -OCH3 is 1. The molecule has 1 unspecified atom stereocenters. The lowest BCUT2D eigenvalue weighted by Crippen LogP contribution is -2.28. The van der Waals surface area contributed by atoms with Crippen molar-refractivity contribution in [3.63, 3.8) is 0 Å². The minimum atomic E-state index is -0.302. The van der Waals surface area contributed by atoms with Crippen molar-refractivity contribution in [1.82, 2.24) is 9.55 Å². The van der Waals surface area contributed by atoms with Gasteiger partial charge in [0.15, 0.2) is 5.15 Å². The van der Waals surface area contributed by atoms with Crippen LogP contribution in [-0.2, 0) is 17.7 Å². The SMILES string of the molecule is COc1c(Cl)ncn(CC2OCCc3ccccc32)c1=O. The average molecular weight is 307 g/mol. The molecule has 5 nitrogen and oxygen atoms in total. The normalized spacial score (nSPS) is 17.3. The van der Waals surface area contributed by atoms with Crippen LogP contribution in [0, 0.1) is 0 Å². The summed E-state index contributed by atoms with van der Waals surface area (Å²) < 4.78 is 12.3. The summed E-state index contributed by atoms with van der Waals surface area (Å²) in [6, 6.07) is 8.11. The number of hydrogen-bond acceptors (Lipinski definition) is 4. The maximum absolute atomic E-state index is 12.3. The van der Waals surface area contributed by atoms with E-state index in [0.29, 0.717) is 13.2 Å². The zero-order chi connectivity index (χ0) is 14.8. The van der Waals surface area contributed by atoms with Crippen LogP contribution < -0.4 is 10.3 Å². The smallest absolute Gasteiger partial charge is 0.297 e. The molecule has 0 N–H and O–H groups in total. The zero-order valence-corrected chi connectivity index (χ0v) is 12.3. The van der Waals surface area contributed by atoms with Gasteiger partial charge >= 0.3 is 0 Å². The Morgan fingerprint density at radius 1 is 1.48 bits per heavy atom. The Hall–Kier alpha value is -1.85. The van der Waals surface area contributed by atoms with Crippen LogP contribution in [0.1, 0.15) is 17.2 Å². The molecule has 0 fully saturated rings. The van der Waals surface area contributed by atoms with Crippen molar-refractivity contribution in [1.29, 1.82) is 0 Å². The largest absolute Gasteiger partial charge is 0.489 e. The third-order valence-corrected chi connectivity index (χ3v) is 3.88. The van der Waals surface area contributed by atoms with Crippen molar-refractivity contribution in [2.45, 2.75) is 19.1 Å². The molecule has 21 heavy (non-hydrogen) atoms. The van der Waals surface area contributed by atoms with Crippen LogP contribution >= 0.6 is 11.6 Å². The third-order valence-electron chi connectivity index (χ3n) is 3.61. The molecule has 1 aromatic carbocycles. The summed E-state index contributed by atoms with van der Waals surface area (Å²) in [5.41, 5.74) is 2.07. The highest BCUT2D eigenvalue weighted by molar-refractivity contribution is 6.30. The first-order valence-electron chi connectivity index (χ1n) is 6.69. The van der Waals surface area contributed by atoms with Gasteiger partial charge in [-0.25, -0.2) is 4.98 Å². The van der Waals surface area contributed by atoms with Crippen LogP contribution in [0.15, 0.2) is 35.4 Å². The van der Waals surface area contributed by atoms with Crippen LogP contribution in [0.4, 0.5) is 0 Å². The van der Waals surface area contributed by atoms with Crippen molar-refractivity contribution in [2.24, 2.45) is 0 Å². The molecule has 0 amide bonds. The fourth-order valence-corrected chi connectivity index (χ4v) is 2.76. The molecule has 1 aliphatic heterocycles. The number of fused-ring (bicyclic) bond motifs is 1. The lowest BCUT2D eigenvalue weighted by molar-refractivity contribution is 0.0296. The second kappa shape index (κ2) is 5.87. The molecule has 6 heteroatoms. The van der Waals surface area contributed by atoms with E-state index in [-0.39, 0.29) is 22.6 Å². The van der Waals surface area contributed by atoms with E-state index in [4.69, 9.17) is 21.1 Å². The molecule has 1 aliphatic rings. The number of nitrogens with zero attached hydrogens (tertiary/aromatic N) is 2. The number of aromatic nitrogens is 2. The molecule has 2 heterocycles. The van der Waals surface area contributed by atoms with Crippen molar-refractivity contribution in [3.8, 4) is 5.75 Å². The minimum absolute atomic E-state index is 0.0586.